The number of hydrogen-bond donors (Lipinski definition) is 2. The smallest absolute Gasteiger partial charge is 0.0910 e. The minimum Gasteiger partial charge on any atom is -0.393 e. The zero-order chi connectivity index (χ0) is 8.98. The van der Waals surface area contributed by atoms with Crippen LogP contribution in [0, 0.1) is 17.3 Å². The van der Waals surface area contributed by atoms with E-state index in [0.717, 1.165) is 25.2 Å². The Hall–Kier alpha value is -0.0800. The molecular weight excluding hydrogens is 152 g/mol. The van der Waals surface area contributed by atoms with Crippen molar-refractivity contribution in [3.8, 4) is 0 Å². The topological polar surface area (TPSA) is 40.5 Å². The molecule has 3 atom stereocenters. The molecular formula is C10H18O2. The fourth-order valence-electron chi connectivity index (χ4n) is 3.21. The average molecular weight is 170 g/mol. The van der Waals surface area contributed by atoms with Crippen molar-refractivity contribution in [2.45, 2.75) is 38.7 Å². The molecule has 3 unspecified atom stereocenters. The summed E-state index contributed by atoms with van der Waals surface area (Å²) in [6, 6.07) is 0. The van der Waals surface area contributed by atoms with Crippen molar-refractivity contribution < 1.29 is 10.2 Å². The first-order valence-electron chi connectivity index (χ1n) is 4.84. The summed E-state index contributed by atoms with van der Waals surface area (Å²) in [5.74, 6) is 1.11. The van der Waals surface area contributed by atoms with Crippen LogP contribution in [0.3, 0.4) is 0 Å². The van der Waals surface area contributed by atoms with E-state index in [-0.39, 0.29) is 12.0 Å². The highest BCUT2D eigenvalue weighted by Gasteiger charge is 2.60. The Morgan fingerprint density at radius 2 is 2.08 bits per heavy atom. The SMILES string of the molecule is CC1(C)C2CCC(O)(CO)C1C2. The molecule has 3 fully saturated rings. The monoisotopic (exact) mass is 170 g/mol. The summed E-state index contributed by atoms with van der Waals surface area (Å²) in [4.78, 5) is 0. The van der Waals surface area contributed by atoms with Gasteiger partial charge in [-0.05, 0) is 36.5 Å². The summed E-state index contributed by atoms with van der Waals surface area (Å²) in [5.41, 5.74) is -0.506. The van der Waals surface area contributed by atoms with Gasteiger partial charge in [0.25, 0.3) is 0 Å². The molecule has 70 valence electrons. The van der Waals surface area contributed by atoms with Crippen LogP contribution in [0.1, 0.15) is 33.1 Å². The second kappa shape index (κ2) is 2.24. The van der Waals surface area contributed by atoms with E-state index in [2.05, 4.69) is 13.8 Å². The van der Waals surface area contributed by atoms with E-state index >= 15 is 0 Å². The van der Waals surface area contributed by atoms with Crippen LogP contribution in [0.15, 0.2) is 0 Å². The Labute approximate surface area is 73.6 Å². The third-order valence-corrected chi connectivity index (χ3v) is 4.32. The predicted molar refractivity (Wildman–Crippen MR) is 46.6 cm³/mol. The summed E-state index contributed by atoms with van der Waals surface area (Å²) in [5, 5.41) is 19.2. The second-order valence-electron chi connectivity index (χ2n) is 5.11. The van der Waals surface area contributed by atoms with E-state index in [0.29, 0.717) is 5.92 Å². The Morgan fingerprint density at radius 3 is 2.42 bits per heavy atom. The predicted octanol–water partition coefficient (Wildman–Crippen LogP) is 1.17. The lowest BCUT2D eigenvalue weighted by Crippen LogP contribution is -2.62. The number of rotatable bonds is 1. The molecule has 3 aliphatic carbocycles. The fraction of sp³-hybridized carbons (Fsp3) is 1.00. The van der Waals surface area contributed by atoms with Crippen molar-refractivity contribution >= 4 is 0 Å². The van der Waals surface area contributed by atoms with Crippen LogP contribution in [-0.4, -0.2) is 22.4 Å². The van der Waals surface area contributed by atoms with Crippen molar-refractivity contribution in [3.63, 3.8) is 0 Å². The van der Waals surface area contributed by atoms with Gasteiger partial charge in [-0.3, -0.25) is 0 Å². The van der Waals surface area contributed by atoms with Crippen LogP contribution in [0.2, 0.25) is 0 Å². The molecule has 12 heavy (non-hydrogen) atoms. The third kappa shape index (κ3) is 0.826. The van der Waals surface area contributed by atoms with Gasteiger partial charge in [0.15, 0.2) is 0 Å². The van der Waals surface area contributed by atoms with E-state index in [4.69, 9.17) is 5.11 Å². The van der Waals surface area contributed by atoms with Crippen molar-refractivity contribution in [1.82, 2.24) is 0 Å². The molecule has 3 rings (SSSR count). The first-order valence-corrected chi connectivity index (χ1v) is 4.84. The van der Waals surface area contributed by atoms with Crippen LogP contribution in [0.5, 0.6) is 0 Å². The maximum atomic E-state index is 10.1. The third-order valence-electron chi connectivity index (χ3n) is 4.32. The van der Waals surface area contributed by atoms with Gasteiger partial charge in [0.1, 0.15) is 0 Å². The van der Waals surface area contributed by atoms with Crippen LogP contribution in [0.25, 0.3) is 0 Å². The van der Waals surface area contributed by atoms with Crippen molar-refractivity contribution in [2.24, 2.45) is 17.3 Å². The van der Waals surface area contributed by atoms with Gasteiger partial charge in [0.05, 0.1) is 12.2 Å². The summed E-state index contributed by atoms with van der Waals surface area (Å²) in [6.07, 6.45) is 2.99. The molecule has 3 aliphatic rings. The van der Waals surface area contributed by atoms with Gasteiger partial charge in [-0.2, -0.15) is 0 Å². The van der Waals surface area contributed by atoms with Gasteiger partial charge in [-0.15, -0.1) is 0 Å². The van der Waals surface area contributed by atoms with Crippen LogP contribution >= 0.6 is 0 Å². The quantitative estimate of drug-likeness (QED) is 0.620. The molecule has 0 spiro atoms. The van der Waals surface area contributed by atoms with Gasteiger partial charge < -0.3 is 10.2 Å². The minimum absolute atomic E-state index is 0.0617. The lowest BCUT2D eigenvalue weighted by molar-refractivity contribution is -0.215. The zero-order valence-corrected chi connectivity index (χ0v) is 7.88. The molecule has 0 saturated heterocycles. The van der Waals surface area contributed by atoms with Gasteiger partial charge >= 0.3 is 0 Å². The summed E-state index contributed by atoms with van der Waals surface area (Å²) < 4.78 is 0. The molecule has 0 radical (unpaired) electrons. The lowest BCUT2D eigenvalue weighted by atomic mass is 9.44. The Bertz CT molecular complexity index is 198. The first-order chi connectivity index (χ1) is 5.50. The van der Waals surface area contributed by atoms with Gasteiger partial charge in [0, 0.05) is 0 Å². The first kappa shape index (κ1) is 8.52. The Morgan fingerprint density at radius 1 is 1.42 bits per heavy atom. The van der Waals surface area contributed by atoms with Crippen LogP contribution < -0.4 is 0 Å². The molecule has 0 heterocycles. The highest BCUT2D eigenvalue weighted by atomic mass is 16.3. The maximum absolute atomic E-state index is 10.1. The Kier molecular flexibility index (Phi) is 1.59. The summed E-state index contributed by atoms with van der Waals surface area (Å²) in [7, 11) is 0. The molecule has 0 aromatic carbocycles. The van der Waals surface area contributed by atoms with Gasteiger partial charge in [-0.1, -0.05) is 13.8 Å². The zero-order valence-electron chi connectivity index (χ0n) is 7.88. The van der Waals surface area contributed by atoms with E-state index < -0.39 is 5.60 Å². The van der Waals surface area contributed by atoms with Crippen molar-refractivity contribution in [3.05, 3.63) is 0 Å². The van der Waals surface area contributed by atoms with Crippen molar-refractivity contribution in [2.75, 3.05) is 6.61 Å². The standard InChI is InChI=1S/C10H18O2/c1-9(2)7-3-4-10(12,6-11)8(9)5-7/h7-8,11-12H,3-6H2,1-2H3. The van der Waals surface area contributed by atoms with Crippen molar-refractivity contribution in [1.29, 1.82) is 0 Å². The van der Waals surface area contributed by atoms with E-state index in [1.807, 2.05) is 0 Å². The van der Waals surface area contributed by atoms with Crippen LogP contribution in [-0.2, 0) is 0 Å². The Balaban J connectivity index is 2.21. The number of hydrogen-bond acceptors (Lipinski definition) is 2. The molecule has 2 bridgehead atoms. The molecule has 2 heteroatoms. The minimum atomic E-state index is -0.766. The molecule has 0 aliphatic heterocycles. The molecule has 0 amide bonds. The number of fused-ring (bicyclic) bond motifs is 2. The molecule has 2 nitrogen and oxygen atoms in total. The van der Waals surface area contributed by atoms with Crippen LogP contribution in [0.4, 0.5) is 0 Å². The maximum Gasteiger partial charge on any atom is 0.0910 e. The fourth-order valence-corrected chi connectivity index (χ4v) is 3.21. The lowest BCUT2D eigenvalue weighted by Gasteiger charge is -2.63. The second-order valence-corrected chi connectivity index (χ2v) is 5.11. The molecule has 0 aromatic rings. The average Bonchev–Trinajstić information content (AvgIpc) is 2.04. The summed E-state index contributed by atoms with van der Waals surface area (Å²) >= 11 is 0. The molecule has 0 aromatic heterocycles. The highest BCUT2D eigenvalue weighted by molar-refractivity contribution is 5.10. The largest absolute Gasteiger partial charge is 0.393 e. The van der Waals surface area contributed by atoms with Gasteiger partial charge in [0.2, 0.25) is 0 Å². The van der Waals surface area contributed by atoms with Gasteiger partial charge in [-0.25, -0.2) is 0 Å². The highest BCUT2D eigenvalue weighted by Crippen LogP contribution is 2.62. The number of aliphatic hydroxyl groups excluding tert-OH is 1. The van der Waals surface area contributed by atoms with E-state index in [1.165, 1.54) is 0 Å². The molecule has 2 N–H and O–H groups in total. The summed E-state index contributed by atoms with van der Waals surface area (Å²) in [6.45, 7) is 4.37. The van der Waals surface area contributed by atoms with E-state index in [1.54, 1.807) is 0 Å². The van der Waals surface area contributed by atoms with E-state index in [9.17, 15) is 5.11 Å². The number of aliphatic hydroxyl groups is 2. The normalized spacial score (nSPS) is 50.0. The molecule has 3 saturated carbocycles.